The van der Waals surface area contributed by atoms with Crippen molar-refractivity contribution in [3.05, 3.63) is 117 Å². The van der Waals surface area contributed by atoms with Crippen LogP contribution in [-0.4, -0.2) is 66.9 Å². The highest BCUT2D eigenvalue weighted by atomic mass is 19.4. The van der Waals surface area contributed by atoms with E-state index in [0.717, 1.165) is 61.5 Å². The molecule has 1 saturated heterocycles. The third-order valence-electron chi connectivity index (χ3n) is 10.6. The van der Waals surface area contributed by atoms with Crippen molar-refractivity contribution >= 4 is 22.6 Å². The Morgan fingerprint density at radius 1 is 0.925 bits per heavy atom. The minimum atomic E-state index is -4.52. The van der Waals surface area contributed by atoms with Crippen LogP contribution in [0.15, 0.2) is 71.7 Å². The summed E-state index contributed by atoms with van der Waals surface area (Å²) in [4.78, 5) is 29.4. The normalized spacial score (nSPS) is 16.8. The fraction of sp³-hybridized carbons (Fsp3) is 0.410. The van der Waals surface area contributed by atoms with E-state index in [1.54, 1.807) is 0 Å². The average molecular weight is 732 g/mol. The summed E-state index contributed by atoms with van der Waals surface area (Å²) in [6.45, 7) is 6.22. The van der Waals surface area contributed by atoms with E-state index in [4.69, 9.17) is 0 Å². The second-order valence-electron chi connectivity index (χ2n) is 14.3. The lowest BCUT2D eigenvalue weighted by Gasteiger charge is -2.40. The van der Waals surface area contributed by atoms with Crippen LogP contribution >= 0.6 is 0 Å². The molecule has 14 heteroatoms. The zero-order valence-corrected chi connectivity index (χ0v) is 29.6. The monoisotopic (exact) mass is 731 g/mol. The molecule has 0 radical (unpaired) electrons. The van der Waals surface area contributed by atoms with Crippen molar-refractivity contribution in [2.75, 3.05) is 31.1 Å². The number of hydrogen-bond donors (Lipinski definition) is 1. The van der Waals surface area contributed by atoms with Crippen LogP contribution in [-0.2, 0) is 12.7 Å². The lowest BCUT2D eigenvalue weighted by molar-refractivity contribution is -0.137. The van der Waals surface area contributed by atoms with Crippen molar-refractivity contribution in [1.82, 2.24) is 29.7 Å². The van der Waals surface area contributed by atoms with E-state index in [1.807, 2.05) is 9.58 Å². The quantitative estimate of drug-likeness (QED) is 0.156. The average Bonchev–Trinajstić information content (AvgIpc) is 3.63. The number of alkyl halides is 3. The number of hydrogen-bond acceptors (Lipinski definition) is 7. The smallest absolute Gasteiger partial charge is 0.416 e. The van der Waals surface area contributed by atoms with Crippen LogP contribution in [0.2, 0.25) is 0 Å². The summed E-state index contributed by atoms with van der Waals surface area (Å²) in [5.41, 5.74) is 1.03. The summed E-state index contributed by atoms with van der Waals surface area (Å²) < 4.78 is 59.0. The van der Waals surface area contributed by atoms with E-state index in [1.165, 1.54) is 34.8 Å². The number of nitrogens with zero attached hydrogens (tertiary/aromatic N) is 7. The Morgan fingerprint density at radius 2 is 1.58 bits per heavy atom. The summed E-state index contributed by atoms with van der Waals surface area (Å²) in [5, 5.41) is 22.8. The topological polar surface area (TPSA) is 109 Å². The van der Waals surface area contributed by atoms with Crippen LogP contribution in [0.4, 0.5) is 23.2 Å². The van der Waals surface area contributed by atoms with Gasteiger partial charge in [0, 0.05) is 44.3 Å². The minimum Gasteiger partial charge on any atom is -0.477 e. The second-order valence-corrected chi connectivity index (χ2v) is 14.3. The summed E-state index contributed by atoms with van der Waals surface area (Å²) in [6, 6.07) is 15.6. The maximum absolute atomic E-state index is 16.0. The molecule has 53 heavy (non-hydrogen) atoms. The third kappa shape index (κ3) is 7.41. The molecule has 1 atom stereocenters. The van der Waals surface area contributed by atoms with Gasteiger partial charge in [-0.05, 0) is 70.1 Å². The molecule has 0 bridgehead atoms. The van der Waals surface area contributed by atoms with Crippen LogP contribution < -0.4 is 10.3 Å². The van der Waals surface area contributed by atoms with Crippen molar-refractivity contribution < 1.29 is 27.5 Å². The zero-order valence-electron chi connectivity index (χ0n) is 29.6. The van der Waals surface area contributed by atoms with Gasteiger partial charge in [0.05, 0.1) is 28.9 Å². The van der Waals surface area contributed by atoms with E-state index in [9.17, 15) is 27.9 Å². The first-order valence-corrected chi connectivity index (χ1v) is 18.0. The van der Waals surface area contributed by atoms with Gasteiger partial charge in [-0.15, -0.1) is 5.10 Å². The van der Waals surface area contributed by atoms with Gasteiger partial charge in [-0.25, -0.2) is 13.9 Å². The van der Waals surface area contributed by atoms with E-state index in [2.05, 4.69) is 58.5 Å². The summed E-state index contributed by atoms with van der Waals surface area (Å²) in [7, 11) is 0. The predicted molar refractivity (Wildman–Crippen MR) is 192 cm³/mol. The maximum Gasteiger partial charge on any atom is 0.416 e. The number of aromatic nitrogens is 5. The first kappa shape index (κ1) is 36.3. The van der Waals surface area contributed by atoms with Crippen LogP contribution in [0.5, 0.6) is 0 Å². The Balaban J connectivity index is 1.20. The van der Waals surface area contributed by atoms with E-state index < -0.39 is 34.5 Å². The number of piperazine rings is 1. The largest absolute Gasteiger partial charge is 0.477 e. The number of anilines is 1. The molecule has 0 spiro atoms. The number of halogens is 4. The fourth-order valence-corrected chi connectivity index (χ4v) is 7.69. The molecule has 1 aliphatic carbocycles. The van der Waals surface area contributed by atoms with Gasteiger partial charge in [-0.3, -0.25) is 9.69 Å². The third-order valence-corrected chi connectivity index (χ3v) is 10.6. The van der Waals surface area contributed by atoms with Gasteiger partial charge < -0.3 is 14.6 Å². The first-order chi connectivity index (χ1) is 25.4. The summed E-state index contributed by atoms with van der Waals surface area (Å²) in [5.74, 6) is -1.01. The Bertz CT molecular complexity index is 2150. The van der Waals surface area contributed by atoms with Gasteiger partial charge in [0.1, 0.15) is 11.4 Å². The number of carboxylic acids is 1. The van der Waals surface area contributed by atoms with Gasteiger partial charge in [0.25, 0.3) is 0 Å². The molecule has 3 heterocycles. The highest BCUT2D eigenvalue weighted by Gasteiger charge is 2.34. The highest BCUT2D eigenvalue weighted by molar-refractivity contribution is 5.93. The summed E-state index contributed by atoms with van der Waals surface area (Å²) >= 11 is 0. The Labute approximate surface area is 303 Å². The minimum absolute atomic E-state index is 0.0406. The Hall–Kier alpha value is -5.11. The summed E-state index contributed by atoms with van der Waals surface area (Å²) in [6.07, 6.45) is 2.14. The number of carbonyl (C=O) groups is 1. The first-order valence-electron chi connectivity index (χ1n) is 18.0. The molecule has 3 aromatic carbocycles. The van der Waals surface area contributed by atoms with Crippen molar-refractivity contribution in [2.45, 2.75) is 76.7 Å². The van der Waals surface area contributed by atoms with E-state index in [0.29, 0.717) is 37.7 Å². The molecule has 2 aromatic heterocycles. The number of carboxylic acid groups (broad SMARTS) is 1. The highest BCUT2D eigenvalue weighted by Crippen LogP contribution is 2.36. The van der Waals surface area contributed by atoms with Gasteiger partial charge in [-0.1, -0.05) is 69.5 Å². The van der Waals surface area contributed by atoms with E-state index >= 15 is 4.39 Å². The predicted octanol–water partition coefficient (Wildman–Crippen LogP) is 7.43. The van der Waals surface area contributed by atoms with Crippen molar-refractivity contribution in [2.24, 2.45) is 0 Å². The molecule has 1 saturated carbocycles. The Morgan fingerprint density at radius 3 is 2.21 bits per heavy atom. The zero-order chi connectivity index (χ0) is 37.4. The number of fused-ring (bicyclic) bond motifs is 1. The molecular formula is C39H41F4N7O3. The standard InChI is InChI=1S/C39H41F4N7O3/c1-24(2)26-10-12-27(13-11-26)35(37-44-45-46-50(37)29-6-4-3-5-7-29)48-18-16-47(17-19-48)34-21-33-30(20-32(34)40)36(51)31(38(52)53)23-49(33)22-25-8-14-28(15-9-25)39(41,42)43/h8-15,20-21,23-24,29,35H,3-7,16-19,22H2,1-2H3,(H,52,53). The maximum atomic E-state index is 16.0. The van der Waals surface area contributed by atoms with Crippen molar-refractivity contribution in [1.29, 1.82) is 0 Å². The molecular weight excluding hydrogens is 690 g/mol. The van der Waals surface area contributed by atoms with Gasteiger partial charge >= 0.3 is 12.1 Å². The van der Waals surface area contributed by atoms with Gasteiger partial charge in [-0.2, -0.15) is 13.2 Å². The molecule has 1 unspecified atom stereocenters. The number of pyridine rings is 1. The molecule has 5 aromatic rings. The van der Waals surface area contributed by atoms with Crippen LogP contribution in [0.3, 0.4) is 0 Å². The second kappa shape index (κ2) is 14.7. The number of tetrazole rings is 1. The van der Waals surface area contributed by atoms with Crippen LogP contribution in [0.25, 0.3) is 10.9 Å². The molecule has 10 nitrogen and oxygen atoms in total. The van der Waals surface area contributed by atoms with Gasteiger partial charge in [0.15, 0.2) is 5.82 Å². The van der Waals surface area contributed by atoms with Crippen molar-refractivity contribution in [3.63, 3.8) is 0 Å². The fourth-order valence-electron chi connectivity index (χ4n) is 7.69. The van der Waals surface area contributed by atoms with E-state index in [-0.39, 0.29) is 35.2 Å². The molecule has 1 N–H and O–H groups in total. The molecule has 1 aliphatic heterocycles. The molecule has 278 valence electrons. The lowest BCUT2D eigenvalue weighted by atomic mass is 9.94. The SMILES string of the molecule is CC(C)c1ccc(C(c2nnnn2C2CCCCC2)N2CCN(c3cc4c(cc3F)c(=O)c(C(=O)O)cn4Cc3ccc(C(F)(F)F)cc3)CC2)cc1. The lowest BCUT2D eigenvalue weighted by Crippen LogP contribution is -2.48. The van der Waals surface area contributed by atoms with Crippen molar-refractivity contribution in [3.8, 4) is 0 Å². The van der Waals surface area contributed by atoms with Crippen LogP contribution in [0, 0.1) is 5.82 Å². The van der Waals surface area contributed by atoms with Gasteiger partial charge in [0.2, 0.25) is 5.43 Å². The molecule has 2 aliphatic rings. The molecule has 2 fully saturated rings. The number of benzene rings is 3. The number of aromatic carboxylic acids is 1. The molecule has 7 rings (SSSR count). The molecule has 0 amide bonds. The van der Waals surface area contributed by atoms with Crippen LogP contribution in [0.1, 0.15) is 102 Å². The Kier molecular flexibility index (Phi) is 10.1. The number of rotatable bonds is 9.